The van der Waals surface area contributed by atoms with E-state index in [0.29, 0.717) is 45.6 Å². The normalized spacial score (nSPS) is 24.7. The van der Waals surface area contributed by atoms with Gasteiger partial charge in [0.15, 0.2) is 5.43 Å². The summed E-state index contributed by atoms with van der Waals surface area (Å²) in [5, 5.41) is 7.03. The molecule has 3 aliphatic carbocycles. The molecule has 9 heteroatoms. The summed E-state index contributed by atoms with van der Waals surface area (Å²) in [5.74, 6) is 0.815. The second kappa shape index (κ2) is 11.9. The van der Waals surface area contributed by atoms with Gasteiger partial charge in [0.1, 0.15) is 11.3 Å². The fourth-order valence-electron chi connectivity index (χ4n) is 8.67. The van der Waals surface area contributed by atoms with E-state index in [1.807, 2.05) is 42.5 Å². The first-order valence-electron chi connectivity index (χ1n) is 16.1. The highest BCUT2D eigenvalue weighted by Crippen LogP contribution is 2.55. The van der Waals surface area contributed by atoms with E-state index in [4.69, 9.17) is 4.74 Å². The lowest BCUT2D eigenvalue weighted by Gasteiger charge is -2.40. The molecule has 4 aromatic rings. The van der Waals surface area contributed by atoms with Gasteiger partial charge in [-0.2, -0.15) is 0 Å². The Balaban J connectivity index is 1.16. The SMILES string of the molecule is COC(=O)c1c(Cc2ccc(C(=O)N[C@@H]3CC[C@@]4(NC(C)=O)CC5C[C@H](C[C@@H]53)C4)cc2)c(=O)c2cccnc2n1-c1ccccc1. The fourth-order valence-corrected chi connectivity index (χ4v) is 8.67. The molecule has 3 bridgehead atoms. The Hall–Kier alpha value is -4.79. The van der Waals surface area contributed by atoms with Crippen molar-refractivity contribution in [2.24, 2.45) is 17.8 Å². The van der Waals surface area contributed by atoms with Crippen LogP contribution < -0.4 is 16.1 Å². The van der Waals surface area contributed by atoms with Gasteiger partial charge in [0, 0.05) is 47.9 Å². The number of pyridine rings is 2. The number of benzene rings is 2. The molecule has 9 nitrogen and oxygen atoms in total. The quantitative estimate of drug-likeness (QED) is 0.283. The molecule has 5 atom stereocenters. The van der Waals surface area contributed by atoms with E-state index in [1.165, 1.54) is 13.5 Å². The Morgan fingerprint density at radius 1 is 1.00 bits per heavy atom. The zero-order valence-corrected chi connectivity index (χ0v) is 26.1. The second-order valence-electron chi connectivity index (χ2n) is 13.3. The molecule has 0 aliphatic heterocycles. The van der Waals surface area contributed by atoms with Crippen LogP contribution in [0.2, 0.25) is 0 Å². The molecule has 0 saturated heterocycles. The number of rotatable bonds is 7. The van der Waals surface area contributed by atoms with Crippen LogP contribution >= 0.6 is 0 Å². The first kappa shape index (κ1) is 29.9. The fraction of sp³-hybridized carbons (Fsp3) is 0.378. The van der Waals surface area contributed by atoms with Crippen LogP contribution in [0.5, 0.6) is 0 Å². The lowest BCUT2D eigenvalue weighted by Crippen LogP contribution is -2.51. The molecule has 46 heavy (non-hydrogen) atoms. The number of ether oxygens (including phenoxy) is 1. The lowest BCUT2D eigenvalue weighted by atomic mass is 9.73. The summed E-state index contributed by atoms with van der Waals surface area (Å²) in [7, 11) is 1.30. The Kier molecular flexibility index (Phi) is 7.71. The van der Waals surface area contributed by atoms with Gasteiger partial charge in [0.2, 0.25) is 5.91 Å². The summed E-state index contributed by atoms with van der Waals surface area (Å²) in [4.78, 5) is 57.1. The van der Waals surface area contributed by atoms with E-state index < -0.39 is 5.97 Å². The van der Waals surface area contributed by atoms with E-state index >= 15 is 0 Å². The maximum atomic E-state index is 13.8. The van der Waals surface area contributed by atoms with Gasteiger partial charge in [-0.25, -0.2) is 9.78 Å². The van der Waals surface area contributed by atoms with Crippen LogP contribution in [-0.2, 0) is 16.0 Å². The van der Waals surface area contributed by atoms with E-state index in [0.717, 1.165) is 37.7 Å². The van der Waals surface area contributed by atoms with E-state index in [-0.39, 0.29) is 40.9 Å². The highest BCUT2D eigenvalue weighted by atomic mass is 16.5. The number of carbonyl (C=O) groups is 3. The van der Waals surface area contributed by atoms with Crippen molar-refractivity contribution in [2.75, 3.05) is 7.11 Å². The van der Waals surface area contributed by atoms with Crippen molar-refractivity contribution in [3.05, 3.63) is 106 Å². The molecule has 2 amide bonds. The van der Waals surface area contributed by atoms with Crippen LogP contribution in [-0.4, -0.2) is 46.0 Å². The van der Waals surface area contributed by atoms with Gasteiger partial charge in [-0.15, -0.1) is 0 Å². The average molecular weight is 619 g/mol. The monoisotopic (exact) mass is 618 g/mol. The van der Waals surface area contributed by atoms with Crippen LogP contribution in [0, 0.1) is 17.8 Å². The van der Waals surface area contributed by atoms with Crippen molar-refractivity contribution in [3.63, 3.8) is 0 Å². The number of para-hydroxylation sites is 1. The third-order valence-electron chi connectivity index (χ3n) is 10.4. The number of nitrogens with one attached hydrogen (secondary N) is 2. The maximum Gasteiger partial charge on any atom is 0.355 e. The second-order valence-corrected chi connectivity index (χ2v) is 13.3. The predicted octanol–water partition coefficient (Wildman–Crippen LogP) is 4.97. The number of fused-ring (bicyclic) bond motifs is 3. The molecule has 7 rings (SSSR count). The van der Waals surface area contributed by atoms with Gasteiger partial charge in [-0.05, 0) is 98.2 Å². The number of nitrogens with zero attached hydrogens (tertiary/aromatic N) is 2. The summed E-state index contributed by atoms with van der Waals surface area (Å²) >= 11 is 0. The first-order valence-corrected chi connectivity index (χ1v) is 16.1. The highest BCUT2D eigenvalue weighted by Gasteiger charge is 2.53. The average Bonchev–Trinajstić information content (AvgIpc) is 3.33. The van der Waals surface area contributed by atoms with Gasteiger partial charge in [0.25, 0.3) is 5.91 Å². The van der Waals surface area contributed by atoms with Crippen LogP contribution in [0.1, 0.15) is 77.4 Å². The van der Waals surface area contributed by atoms with E-state index in [2.05, 4.69) is 15.6 Å². The topological polar surface area (TPSA) is 119 Å². The van der Waals surface area contributed by atoms with Crippen LogP contribution in [0.15, 0.2) is 77.7 Å². The first-order chi connectivity index (χ1) is 22.2. The molecule has 3 aliphatic rings. The van der Waals surface area contributed by atoms with Gasteiger partial charge in [0.05, 0.1) is 12.5 Å². The minimum absolute atomic E-state index is 0.0264. The number of hydrogen-bond acceptors (Lipinski definition) is 6. The van der Waals surface area contributed by atoms with Gasteiger partial charge < -0.3 is 15.4 Å². The smallest absolute Gasteiger partial charge is 0.355 e. The predicted molar refractivity (Wildman–Crippen MR) is 174 cm³/mol. The zero-order chi connectivity index (χ0) is 32.0. The molecule has 3 fully saturated rings. The Labute approximate surface area is 267 Å². The summed E-state index contributed by atoms with van der Waals surface area (Å²) in [5.41, 5.74) is 2.38. The van der Waals surface area contributed by atoms with Crippen molar-refractivity contribution < 1.29 is 19.1 Å². The number of methoxy groups -OCH3 is 1. The molecule has 2 heterocycles. The third kappa shape index (κ3) is 5.37. The number of carbonyl (C=O) groups excluding carboxylic acids is 3. The molecule has 2 aromatic heterocycles. The molecule has 0 spiro atoms. The number of aromatic nitrogens is 2. The van der Waals surface area contributed by atoms with E-state index in [1.54, 1.807) is 42.0 Å². The highest BCUT2D eigenvalue weighted by molar-refractivity contribution is 5.95. The zero-order valence-electron chi connectivity index (χ0n) is 26.1. The molecule has 2 N–H and O–H groups in total. The molecular formula is C37H38N4O5. The minimum atomic E-state index is -0.633. The van der Waals surface area contributed by atoms with Crippen molar-refractivity contribution in [3.8, 4) is 5.69 Å². The maximum absolute atomic E-state index is 13.8. The Morgan fingerprint density at radius 2 is 1.78 bits per heavy atom. The standard InChI is InChI=1S/C37H38N4O5/c1-22(42)40-37-15-14-31(29-19-24(20-37)17-26(29)21-37)39-35(44)25-12-10-23(11-13-25)18-30-32(36(45)46-2)41(27-7-4-3-5-8-27)34-28(33(30)43)9-6-16-38-34/h3-13,16,24,26,29,31H,14-15,17-21H2,1-2H3,(H,39,44)(H,40,42)/t24-,26?,29+,31-,37+/m1/s1. The van der Waals surface area contributed by atoms with Crippen molar-refractivity contribution >= 4 is 28.8 Å². The lowest BCUT2D eigenvalue weighted by molar-refractivity contribution is -0.121. The Bertz CT molecular complexity index is 1890. The third-order valence-corrected chi connectivity index (χ3v) is 10.4. The Morgan fingerprint density at radius 3 is 2.52 bits per heavy atom. The largest absolute Gasteiger partial charge is 0.464 e. The van der Waals surface area contributed by atoms with Gasteiger partial charge in [-0.3, -0.25) is 19.0 Å². The van der Waals surface area contributed by atoms with Crippen LogP contribution in [0.4, 0.5) is 0 Å². The molecule has 236 valence electrons. The van der Waals surface area contributed by atoms with Crippen LogP contribution in [0.25, 0.3) is 16.7 Å². The molecule has 1 unspecified atom stereocenters. The molecular weight excluding hydrogens is 580 g/mol. The van der Waals surface area contributed by atoms with E-state index in [9.17, 15) is 19.2 Å². The van der Waals surface area contributed by atoms with Crippen molar-refractivity contribution in [2.45, 2.75) is 63.5 Å². The summed E-state index contributed by atoms with van der Waals surface area (Å²) in [6.45, 7) is 1.60. The number of amides is 2. The number of esters is 1. The van der Waals surface area contributed by atoms with Crippen LogP contribution in [0.3, 0.4) is 0 Å². The van der Waals surface area contributed by atoms with Gasteiger partial charge in [-0.1, -0.05) is 30.3 Å². The summed E-state index contributed by atoms with van der Waals surface area (Å²) < 4.78 is 6.86. The molecule has 3 saturated carbocycles. The summed E-state index contributed by atoms with van der Waals surface area (Å²) in [6.07, 6.45) is 7.81. The molecule has 2 aromatic carbocycles. The van der Waals surface area contributed by atoms with Crippen molar-refractivity contribution in [1.29, 1.82) is 0 Å². The number of hydrogen-bond donors (Lipinski definition) is 2. The molecule has 0 radical (unpaired) electrons. The van der Waals surface area contributed by atoms with Crippen molar-refractivity contribution in [1.82, 2.24) is 20.2 Å². The minimum Gasteiger partial charge on any atom is -0.464 e. The van der Waals surface area contributed by atoms with Gasteiger partial charge >= 0.3 is 5.97 Å². The summed E-state index contributed by atoms with van der Waals surface area (Å²) in [6, 6.07) is 20.0.